The number of fused-ring (bicyclic) bond motifs is 1. The summed E-state index contributed by atoms with van der Waals surface area (Å²) in [5.41, 5.74) is 1.87. The minimum Gasteiger partial charge on any atom is -0.493 e. The van der Waals surface area contributed by atoms with Gasteiger partial charge in [-0.05, 0) is 36.4 Å². The zero-order valence-electron chi connectivity index (χ0n) is 19.5. The van der Waals surface area contributed by atoms with Gasteiger partial charge in [0.05, 0.1) is 19.3 Å². The fourth-order valence-electron chi connectivity index (χ4n) is 4.19. The average Bonchev–Trinajstić information content (AvgIpc) is 3.24. The van der Waals surface area contributed by atoms with Crippen molar-refractivity contribution in [2.24, 2.45) is 0 Å². The lowest BCUT2D eigenvalue weighted by Gasteiger charge is -2.26. The predicted molar refractivity (Wildman–Crippen MR) is 136 cm³/mol. The van der Waals surface area contributed by atoms with Gasteiger partial charge in [0, 0.05) is 22.7 Å². The number of nitrogens with zero attached hydrogens (tertiary/aromatic N) is 2. The lowest BCUT2D eigenvalue weighted by atomic mass is 10.1. The van der Waals surface area contributed by atoms with Gasteiger partial charge in [-0.25, -0.2) is 9.69 Å². The Kier molecular flexibility index (Phi) is 6.23. The quantitative estimate of drug-likeness (QED) is 0.312. The second-order valence-electron chi connectivity index (χ2n) is 8.09. The number of para-hydroxylation sites is 4. The van der Waals surface area contributed by atoms with E-state index in [-0.39, 0.29) is 5.57 Å². The maximum atomic E-state index is 13.2. The Hall–Kier alpha value is -4.85. The molecule has 0 unspecified atom stereocenters. The van der Waals surface area contributed by atoms with Crippen molar-refractivity contribution in [2.75, 3.05) is 18.6 Å². The molecule has 8 nitrogen and oxygen atoms in total. The van der Waals surface area contributed by atoms with E-state index in [0.717, 1.165) is 15.8 Å². The van der Waals surface area contributed by atoms with Gasteiger partial charge >= 0.3 is 6.03 Å². The van der Waals surface area contributed by atoms with Crippen LogP contribution in [0.15, 0.2) is 90.6 Å². The molecule has 5 rings (SSSR count). The lowest BCUT2D eigenvalue weighted by Crippen LogP contribution is -2.54. The number of barbiturate groups is 1. The number of carbonyl (C=O) groups excluding carboxylic acids is 3. The Labute approximate surface area is 207 Å². The van der Waals surface area contributed by atoms with Crippen LogP contribution in [0.5, 0.6) is 11.5 Å². The van der Waals surface area contributed by atoms with E-state index in [0.29, 0.717) is 35.9 Å². The number of hydrogen-bond donors (Lipinski definition) is 1. The SMILES string of the molecule is COc1ccccc1OCCn1cc(/C=C2\C(=O)NC(=O)N(c3ccccc3)C2=O)c2ccccc21. The summed E-state index contributed by atoms with van der Waals surface area (Å²) in [6, 6.07) is 22.8. The van der Waals surface area contributed by atoms with E-state index >= 15 is 0 Å². The van der Waals surface area contributed by atoms with E-state index in [1.165, 1.54) is 6.08 Å². The van der Waals surface area contributed by atoms with Gasteiger partial charge in [-0.2, -0.15) is 0 Å². The minimum atomic E-state index is -0.774. The first-order valence-electron chi connectivity index (χ1n) is 11.4. The molecule has 4 aromatic rings. The Balaban J connectivity index is 1.45. The molecule has 1 fully saturated rings. The van der Waals surface area contributed by atoms with Crippen LogP contribution >= 0.6 is 0 Å². The molecule has 1 saturated heterocycles. The zero-order chi connectivity index (χ0) is 25.1. The van der Waals surface area contributed by atoms with Gasteiger partial charge in [0.25, 0.3) is 11.8 Å². The highest BCUT2D eigenvalue weighted by atomic mass is 16.5. The number of imide groups is 2. The molecular formula is C28H23N3O5. The fourth-order valence-corrected chi connectivity index (χ4v) is 4.19. The van der Waals surface area contributed by atoms with Crippen molar-refractivity contribution >= 4 is 40.5 Å². The Morgan fingerprint density at radius 3 is 2.33 bits per heavy atom. The number of benzene rings is 3. The van der Waals surface area contributed by atoms with Crippen LogP contribution in [0.2, 0.25) is 0 Å². The minimum absolute atomic E-state index is 0.119. The molecule has 1 N–H and O–H groups in total. The molecule has 0 atom stereocenters. The van der Waals surface area contributed by atoms with Gasteiger partial charge in [0.2, 0.25) is 0 Å². The number of ether oxygens (including phenoxy) is 2. The first kappa shape index (κ1) is 22.9. The van der Waals surface area contributed by atoms with E-state index in [2.05, 4.69) is 5.32 Å². The number of methoxy groups -OCH3 is 1. The van der Waals surface area contributed by atoms with Gasteiger partial charge in [-0.15, -0.1) is 0 Å². The molecule has 1 aromatic heterocycles. The summed E-state index contributed by atoms with van der Waals surface area (Å²) >= 11 is 0. The summed E-state index contributed by atoms with van der Waals surface area (Å²) < 4.78 is 13.3. The number of urea groups is 1. The summed E-state index contributed by atoms with van der Waals surface area (Å²) in [4.78, 5) is 39.3. The monoisotopic (exact) mass is 481 g/mol. The third kappa shape index (κ3) is 4.32. The molecule has 2 heterocycles. The van der Waals surface area contributed by atoms with Crippen LogP contribution in [0.3, 0.4) is 0 Å². The van der Waals surface area contributed by atoms with Crippen molar-refractivity contribution in [1.29, 1.82) is 0 Å². The van der Waals surface area contributed by atoms with Gasteiger partial charge in [0.15, 0.2) is 11.5 Å². The normalized spacial score (nSPS) is 14.9. The summed E-state index contributed by atoms with van der Waals surface area (Å²) in [5.74, 6) is -0.103. The first-order chi connectivity index (χ1) is 17.6. The van der Waals surface area contributed by atoms with Crippen LogP contribution in [0.1, 0.15) is 5.56 Å². The van der Waals surface area contributed by atoms with Gasteiger partial charge in [0.1, 0.15) is 12.2 Å². The van der Waals surface area contributed by atoms with Crippen molar-refractivity contribution in [2.45, 2.75) is 6.54 Å². The van der Waals surface area contributed by atoms with Crippen LogP contribution in [0.4, 0.5) is 10.5 Å². The van der Waals surface area contributed by atoms with E-state index in [1.807, 2.05) is 59.3 Å². The van der Waals surface area contributed by atoms with Crippen molar-refractivity contribution in [3.05, 3.63) is 96.2 Å². The van der Waals surface area contributed by atoms with Crippen molar-refractivity contribution in [3.8, 4) is 11.5 Å². The Bertz CT molecular complexity index is 1490. The van der Waals surface area contributed by atoms with Gasteiger partial charge in [-0.1, -0.05) is 48.5 Å². The molecule has 0 radical (unpaired) electrons. The number of hydrogen-bond acceptors (Lipinski definition) is 5. The fraction of sp³-hybridized carbons (Fsp3) is 0.107. The molecule has 1 aliphatic rings. The second-order valence-corrected chi connectivity index (χ2v) is 8.09. The molecule has 0 aliphatic carbocycles. The van der Waals surface area contributed by atoms with Crippen LogP contribution in [0, 0.1) is 0 Å². The summed E-state index contributed by atoms with van der Waals surface area (Å²) in [6.45, 7) is 0.904. The van der Waals surface area contributed by atoms with Crippen LogP contribution in [0.25, 0.3) is 17.0 Å². The molecule has 1 aliphatic heterocycles. The smallest absolute Gasteiger partial charge is 0.335 e. The average molecular weight is 482 g/mol. The molecule has 4 amide bonds. The molecule has 36 heavy (non-hydrogen) atoms. The number of nitrogens with one attached hydrogen (secondary N) is 1. The number of anilines is 1. The van der Waals surface area contributed by atoms with Crippen molar-refractivity contribution < 1.29 is 23.9 Å². The maximum Gasteiger partial charge on any atom is 0.335 e. The van der Waals surface area contributed by atoms with Gasteiger partial charge < -0.3 is 14.0 Å². The van der Waals surface area contributed by atoms with E-state index < -0.39 is 17.8 Å². The predicted octanol–water partition coefficient (Wildman–Crippen LogP) is 4.40. The number of aromatic nitrogens is 1. The Morgan fingerprint density at radius 1 is 0.861 bits per heavy atom. The molecular weight excluding hydrogens is 458 g/mol. The van der Waals surface area contributed by atoms with E-state index in [1.54, 1.807) is 37.4 Å². The zero-order valence-corrected chi connectivity index (χ0v) is 19.5. The summed E-state index contributed by atoms with van der Waals surface area (Å²) in [7, 11) is 1.59. The van der Waals surface area contributed by atoms with E-state index in [4.69, 9.17) is 9.47 Å². The standard InChI is InChI=1S/C28H23N3O5/c1-35-24-13-7-8-14-25(24)36-16-15-30-18-19(21-11-5-6-12-23(21)30)17-22-26(32)29-28(34)31(27(22)33)20-9-3-2-4-10-20/h2-14,17-18H,15-16H2,1H3,(H,29,32,34)/b22-17+. The number of amides is 4. The number of rotatable bonds is 7. The molecule has 0 bridgehead atoms. The number of carbonyl (C=O) groups is 3. The molecule has 180 valence electrons. The van der Waals surface area contributed by atoms with E-state index in [9.17, 15) is 14.4 Å². The topological polar surface area (TPSA) is 89.9 Å². The summed E-state index contributed by atoms with van der Waals surface area (Å²) in [6.07, 6.45) is 3.40. The highest BCUT2D eigenvalue weighted by Crippen LogP contribution is 2.28. The third-order valence-electron chi connectivity index (χ3n) is 5.89. The maximum absolute atomic E-state index is 13.2. The summed E-state index contributed by atoms with van der Waals surface area (Å²) in [5, 5.41) is 3.13. The Morgan fingerprint density at radius 2 is 1.56 bits per heavy atom. The van der Waals surface area contributed by atoms with Gasteiger partial charge in [-0.3, -0.25) is 14.9 Å². The molecule has 8 heteroatoms. The third-order valence-corrected chi connectivity index (χ3v) is 5.89. The molecule has 0 saturated carbocycles. The van der Waals surface area contributed by atoms with Crippen LogP contribution < -0.4 is 19.7 Å². The lowest BCUT2D eigenvalue weighted by molar-refractivity contribution is -0.122. The van der Waals surface area contributed by atoms with Crippen molar-refractivity contribution in [1.82, 2.24) is 9.88 Å². The first-order valence-corrected chi connectivity index (χ1v) is 11.4. The largest absolute Gasteiger partial charge is 0.493 e. The molecule has 3 aromatic carbocycles. The van der Waals surface area contributed by atoms with Crippen LogP contribution in [-0.2, 0) is 16.1 Å². The second kappa shape index (κ2) is 9.79. The highest BCUT2D eigenvalue weighted by molar-refractivity contribution is 6.39. The van der Waals surface area contributed by atoms with Crippen molar-refractivity contribution in [3.63, 3.8) is 0 Å². The molecule has 0 spiro atoms. The highest BCUT2D eigenvalue weighted by Gasteiger charge is 2.36. The van der Waals surface area contributed by atoms with Crippen LogP contribution in [-0.4, -0.2) is 36.1 Å².